The second kappa shape index (κ2) is 6.32. The summed E-state index contributed by atoms with van der Waals surface area (Å²) < 4.78 is 5.60. The van der Waals surface area contributed by atoms with Gasteiger partial charge in [-0.1, -0.05) is 6.07 Å². The largest absolute Gasteiger partial charge is 0.481 e. The number of ether oxygens (including phenoxy) is 1. The average Bonchev–Trinajstić information content (AvgIpc) is 3.09. The lowest BCUT2D eigenvalue weighted by Crippen LogP contribution is -2.47. The number of hydrogen-bond acceptors (Lipinski definition) is 4. The van der Waals surface area contributed by atoms with E-state index in [9.17, 15) is 9.59 Å². The zero-order valence-corrected chi connectivity index (χ0v) is 15.8. The number of carbonyl (C=O) groups excluding carboxylic acids is 2. The molecule has 2 aliphatic heterocycles. The third-order valence-corrected chi connectivity index (χ3v) is 6.22. The van der Waals surface area contributed by atoms with Gasteiger partial charge in [-0.25, -0.2) is 4.79 Å². The number of benzene rings is 1. The first-order valence-electron chi connectivity index (χ1n) is 8.64. The van der Waals surface area contributed by atoms with Crippen LogP contribution in [0.1, 0.15) is 34.0 Å². The highest BCUT2D eigenvalue weighted by molar-refractivity contribution is 7.10. The maximum Gasteiger partial charge on any atom is 0.322 e. The number of nitrogens with zero attached hydrogens (tertiary/aromatic N) is 1. The molecule has 1 saturated heterocycles. The van der Waals surface area contributed by atoms with Crippen molar-refractivity contribution in [1.82, 2.24) is 4.90 Å². The molecule has 1 aromatic heterocycles. The van der Waals surface area contributed by atoms with E-state index in [1.807, 2.05) is 37.1 Å². The van der Waals surface area contributed by atoms with E-state index in [-0.39, 0.29) is 24.6 Å². The minimum absolute atomic E-state index is 0.0225. The fraction of sp³-hybridized carbons (Fsp3) is 0.368. The molecule has 0 aliphatic carbocycles. The van der Waals surface area contributed by atoms with Gasteiger partial charge in [0, 0.05) is 17.0 Å². The van der Waals surface area contributed by atoms with Crippen molar-refractivity contribution in [3.05, 3.63) is 39.1 Å². The molecule has 0 saturated carbocycles. The standard InChI is InChI=1S/C19H21N3O3S/c1-10-11(2)18-17(20-15(23)9-25-18)12(3)16(10)21-19(24)22-7-6-13(22)14-5-4-8-26-14/h4-5,8,13H,6-7,9H2,1-3H3,(H,20,23)(H,21,24)/t13-/m1/s1. The van der Waals surface area contributed by atoms with Gasteiger partial charge in [0.15, 0.2) is 6.61 Å². The summed E-state index contributed by atoms with van der Waals surface area (Å²) in [5, 5.41) is 7.97. The SMILES string of the molecule is Cc1c(C)c2c(c(C)c1NC(=O)N1CC[C@@H]1c1cccs1)NC(=O)CO2. The first-order valence-corrected chi connectivity index (χ1v) is 9.52. The van der Waals surface area contributed by atoms with Crippen LogP contribution in [0.3, 0.4) is 0 Å². The van der Waals surface area contributed by atoms with Crippen LogP contribution in [0.25, 0.3) is 0 Å². The second-order valence-electron chi connectivity index (χ2n) is 6.73. The minimum atomic E-state index is -0.179. The number of anilines is 2. The number of hydrogen-bond donors (Lipinski definition) is 2. The highest BCUT2D eigenvalue weighted by Crippen LogP contribution is 2.42. The lowest BCUT2D eigenvalue weighted by Gasteiger charge is -2.40. The van der Waals surface area contributed by atoms with Crippen LogP contribution in [0.5, 0.6) is 5.75 Å². The Labute approximate surface area is 156 Å². The molecule has 0 spiro atoms. The highest BCUT2D eigenvalue weighted by Gasteiger charge is 2.35. The Morgan fingerprint density at radius 3 is 2.77 bits per heavy atom. The lowest BCUT2D eigenvalue weighted by molar-refractivity contribution is -0.118. The van der Waals surface area contributed by atoms with E-state index in [1.54, 1.807) is 11.3 Å². The Balaban J connectivity index is 1.62. The second-order valence-corrected chi connectivity index (χ2v) is 7.71. The topological polar surface area (TPSA) is 70.7 Å². The molecule has 26 heavy (non-hydrogen) atoms. The van der Waals surface area contributed by atoms with Crippen LogP contribution < -0.4 is 15.4 Å². The van der Waals surface area contributed by atoms with E-state index in [4.69, 9.17) is 4.74 Å². The molecule has 0 radical (unpaired) electrons. The number of nitrogens with one attached hydrogen (secondary N) is 2. The number of rotatable bonds is 2. The molecule has 6 nitrogen and oxygen atoms in total. The van der Waals surface area contributed by atoms with Gasteiger partial charge in [-0.2, -0.15) is 0 Å². The monoisotopic (exact) mass is 371 g/mol. The van der Waals surface area contributed by atoms with Gasteiger partial charge in [-0.3, -0.25) is 4.79 Å². The fourth-order valence-corrected chi connectivity index (χ4v) is 4.41. The van der Waals surface area contributed by atoms with Crippen LogP contribution >= 0.6 is 11.3 Å². The molecule has 3 heterocycles. The number of thiophene rings is 1. The highest BCUT2D eigenvalue weighted by atomic mass is 32.1. The van der Waals surface area contributed by atoms with Crippen molar-refractivity contribution in [2.75, 3.05) is 23.8 Å². The summed E-state index contributed by atoms with van der Waals surface area (Å²) in [5.74, 6) is 0.514. The fourth-order valence-electron chi connectivity index (χ4n) is 3.54. The van der Waals surface area contributed by atoms with Gasteiger partial charge in [0.25, 0.3) is 5.91 Å². The number of likely N-dealkylation sites (tertiary alicyclic amines) is 1. The summed E-state index contributed by atoms with van der Waals surface area (Å²) in [6.07, 6.45) is 0.985. The number of carbonyl (C=O) groups is 2. The molecule has 136 valence electrons. The summed E-state index contributed by atoms with van der Waals surface area (Å²) >= 11 is 1.68. The summed E-state index contributed by atoms with van der Waals surface area (Å²) in [7, 11) is 0. The molecule has 3 amide bonds. The van der Waals surface area contributed by atoms with Gasteiger partial charge in [-0.15, -0.1) is 11.3 Å². The smallest absolute Gasteiger partial charge is 0.322 e. The Kier molecular flexibility index (Phi) is 4.11. The van der Waals surface area contributed by atoms with E-state index in [1.165, 1.54) is 4.88 Å². The van der Waals surface area contributed by atoms with Crippen molar-refractivity contribution in [1.29, 1.82) is 0 Å². The van der Waals surface area contributed by atoms with Crippen molar-refractivity contribution in [2.45, 2.75) is 33.2 Å². The predicted octanol–water partition coefficient (Wildman–Crippen LogP) is 3.98. The van der Waals surface area contributed by atoms with E-state index < -0.39 is 0 Å². The number of urea groups is 1. The Bertz CT molecular complexity index is 892. The molecule has 1 aromatic carbocycles. The summed E-state index contributed by atoms with van der Waals surface area (Å²) in [4.78, 5) is 27.6. The maximum atomic E-state index is 12.8. The summed E-state index contributed by atoms with van der Waals surface area (Å²) in [6.45, 7) is 6.57. The molecule has 2 aromatic rings. The zero-order chi connectivity index (χ0) is 18.4. The molecule has 4 rings (SSSR count). The molecule has 0 unspecified atom stereocenters. The maximum absolute atomic E-state index is 12.8. The van der Waals surface area contributed by atoms with Crippen LogP contribution in [-0.4, -0.2) is 30.0 Å². The first kappa shape index (κ1) is 16.9. The summed E-state index contributed by atoms with van der Waals surface area (Å²) in [6, 6.07) is 4.12. The van der Waals surface area contributed by atoms with Gasteiger partial charge >= 0.3 is 6.03 Å². The van der Waals surface area contributed by atoms with E-state index in [2.05, 4.69) is 16.7 Å². The molecule has 1 atom stereocenters. The van der Waals surface area contributed by atoms with E-state index >= 15 is 0 Å². The third-order valence-electron chi connectivity index (χ3n) is 5.25. The van der Waals surface area contributed by atoms with E-state index in [0.717, 1.165) is 35.3 Å². The third kappa shape index (κ3) is 2.63. The zero-order valence-electron chi connectivity index (χ0n) is 15.0. The molecule has 0 bridgehead atoms. The van der Waals surface area contributed by atoms with Crippen molar-refractivity contribution in [2.24, 2.45) is 0 Å². The molecule has 2 N–H and O–H groups in total. The molecular formula is C19H21N3O3S. The molecule has 7 heteroatoms. The van der Waals surface area contributed by atoms with Gasteiger partial charge in [0.2, 0.25) is 0 Å². The number of amides is 3. The molecular weight excluding hydrogens is 350 g/mol. The van der Waals surface area contributed by atoms with Crippen LogP contribution in [-0.2, 0) is 4.79 Å². The van der Waals surface area contributed by atoms with E-state index in [0.29, 0.717) is 11.4 Å². The van der Waals surface area contributed by atoms with Crippen molar-refractivity contribution in [3.63, 3.8) is 0 Å². The van der Waals surface area contributed by atoms with Gasteiger partial charge < -0.3 is 20.3 Å². The Morgan fingerprint density at radius 1 is 1.31 bits per heavy atom. The van der Waals surface area contributed by atoms with Crippen molar-refractivity contribution >= 4 is 34.6 Å². The van der Waals surface area contributed by atoms with Gasteiger partial charge in [-0.05, 0) is 49.8 Å². The lowest BCUT2D eigenvalue weighted by atomic mass is 9.98. The quantitative estimate of drug-likeness (QED) is 0.839. The first-order chi connectivity index (χ1) is 12.5. The van der Waals surface area contributed by atoms with Crippen molar-refractivity contribution in [3.8, 4) is 5.75 Å². The van der Waals surface area contributed by atoms with Crippen LogP contribution in [0, 0.1) is 20.8 Å². The van der Waals surface area contributed by atoms with Gasteiger partial charge in [0.1, 0.15) is 5.75 Å². The minimum Gasteiger partial charge on any atom is -0.481 e. The average molecular weight is 371 g/mol. The van der Waals surface area contributed by atoms with Crippen LogP contribution in [0.2, 0.25) is 0 Å². The number of fused-ring (bicyclic) bond motifs is 1. The van der Waals surface area contributed by atoms with Gasteiger partial charge in [0.05, 0.1) is 17.4 Å². The summed E-state index contributed by atoms with van der Waals surface area (Å²) in [5.41, 5.74) is 4.10. The molecule has 2 aliphatic rings. The Morgan fingerprint density at radius 2 is 2.12 bits per heavy atom. The Hall–Kier alpha value is -2.54. The predicted molar refractivity (Wildman–Crippen MR) is 102 cm³/mol. The van der Waals surface area contributed by atoms with Crippen LogP contribution in [0.4, 0.5) is 16.2 Å². The normalized spacial score (nSPS) is 18.5. The van der Waals surface area contributed by atoms with Crippen molar-refractivity contribution < 1.29 is 14.3 Å². The van der Waals surface area contributed by atoms with Crippen LogP contribution in [0.15, 0.2) is 17.5 Å². The molecule has 1 fully saturated rings.